The second kappa shape index (κ2) is 6.32. The number of hydrogen-bond donors (Lipinski definition) is 0. The monoisotopic (exact) mass is 328 g/mol. The first kappa shape index (κ1) is 14.7. The Bertz CT molecular complexity index is 645. The number of carbonyl (C=O) groups is 1. The van der Waals surface area contributed by atoms with Gasteiger partial charge in [-0.1, -0.05) is 6.07 Å². The molecule has 4 nitrogen and oxygen atoms in total. The van der Waals surface area contributed by atoms with Gasteiger partial charge in [0.25, 0.3) is 0 Å². The molecule has 0 N–H and O–H groups in total. The minimum absolute atomic E-state index is 0.174. The van der Waals surface area contributed by atoms with Crippen molar-refractivity contribution in [2.24, 2.45) is 0 Å². The summed E-state index contributed by atoms with van der Waals surface area (Å²) in [6.07, 6.45) is 6.49. The summed E-state index contributed by atoms with van der Waals surface area (Å²) in [4.78, 5) is 19.0. The Morgan fingerprint density at radius 3 is 2.74 bits per heavy atom. The maximum absolute atomic E-state index is 12.7. The molecule has 2 aromatic rings. The molecule has 2 aromatic heterocycles. The van der Waals surface area contributed by atoms with Crippen LogP contribution in [0, 0.1) is 0 Å². The lowest BCUT2D eigenvalue weighted by atomic mass is 9.98. The van der Waals surface area contributed by atoms with Crippen molar-refractivity contribution in [2.45, 2.75) is 50.3 Å². The first-order chi connectivity index (χ1) is 11.3. The number of piperidine rings is 1. The number of rotatable bonds is 4. The molecule has 2 atom stereocenters. The summed E-state index contributed by atoms with van der Waals surface area (Å²) in [5, 5.41) is 4.10. The lowest BCUT2D eigenvalue weighted by Crippen LogP contribution is -2.49. The SMILES string of the molecule is O=C(Cc1ccsc1)N1C2CCC1CC(Oc1ccccn1)C2. The Balaban J connectivity index is 1.41. The van der Waals surface area contributed by atoms with Gasteiger partial charge in [-0.15, -0.1) is 0 Å². The molecule has 2 aliphatic heterocycles. The Kier molecular flexibility index (Phi) is 4.04. The molecule has 4 heterocycles. The molecule has 0 aliphatic carbocycles. The normalized spacial score (nSPS) is 26.3. The van der Waals surface area contributed by atoms with Crippen molar-refractivity contribution in [3.05, 3.63) is 46.8 Å². The van der Waals surface area contributed by atoms with Crippen LogP contribution in [0.3, 0.4) is 0 Å². The topological polar surface area (TPSA) is 42.4 Å². The van der Waals surface area contributed by atoms with Gasteiger partial charge in [0.1, 0.15) is 6.10 Å². The first-order valence-corrected chi connectivity index (χ1v) is 9.14. The molecule has 4 rings (SSSR count). The summed E-state index contributed by atoms with van der Waals surface area (Å²) in [6.45, 7) is 0. The fraction of sp³-hybridized carbons (Fsp3) is 0.444. The van der Waals surface area contributed by atoms with Gasteiger partial charge in [0, 0.05) is 37.2 Å². The van der Waals surface area contributed by atoms with Gasteiger partial charge < -0.3 is 9.64 Å². The number of hydrogen-bond acceptors (Lipinski definition) is 4. The number of thiophene rings is 1. The van der Waals surface area contributed by atoms with Crippen LogP contribution >= 0.6 is 11.3 Å². The van der Waals surface area contributed by atoms with Crippen molar-refractivity contribution < 1.29 is 9.53 Å². The highest BCUT2D eigenvalue weighted by atomic mass is 32.1. The van der Waals surface area contributed by atoms with Gasteiger partial charge in [0.05, 0.1) is 6.42 Å². The van der Waals surface area contributed by atoms with Crippen LogP contribution in [0.15, 0.2) is 41.2 Å². The number of nitrogens with zero attached hydrogens (tertiary/aromatic N) is 2. The average Bonchev–Trinajstić information content (AvgIpc) is 3.15. The zero-order valence-electron chi connectivity index (χ0n) is 12.9. The van der Waals surface area contributed by atoms with Crippen LogP contribution in [0.2, 0.25) is 0 Å². The van der Waals surface area contributed by atoms with E-state index in [1.165, 1.54) is 0 Å². The Labute approximate surface area is 140 Å². The third kappa shape index (κ3) is 3.11. The number of amides is 1. The standard InChI is InChI=1S/C18H20N2O2S/c21-18(9-13-6-8-23-12-13)20-14-4-5-15(20)11-16(10-14)22-17-3-1-2-7-19-17/h1-3,6-8,12,14-16H,4-5,9-11H2. The third-order valence-corrected chi connectivity index (χ3v) is 5.57. The fourth-order valence-corrected chi connectivity index (χ4v) is 4.55. The summed E-state index contributed by atoms with van der Waals surface area (Å²) in [5.74, 6) is 0.960. The molecule has 23 heavy (non-hydrogen) atoms. The van der Waals surface area contributed by atoms with Crippen LogP contribution in [0.5, 0.6) is 5.88 Å². The van der Waals surface area contributed by atoms with Crippen molar-refractivity contribution in [2.75, 3.05) is 0 Å². The highest BCUT2D eigenvalue weighted by Crippen LogP contribution is 2.37. The van der Waals surface area contributed by atoms with E-state index >= 15 is 0 Å². The molecule has 2 fully saturated rings. The molecule has 120 valence electrons. The second-order valence-corrected chi connectivity index (χ2v) is 7.15. The van der Waals surface area contributed by atoms with Gasteiger partial charge in [-0.25, -0.2) is 4.98 Å². The van der Waals surface area contributed by atoms with Crippen molar-refractivity contribution >= 4 is 17.2 Å². The molecule has 5 heteroatoms. The lowest BCUT2D eigenvalue weighted by Gasteiger charge is -2.38. The largest absolute Gasteiger partial charge is 0.474 e. The number of pyridine rings is 1. The molecule has 0 spiro atoms. The summed E-state index contributed by atoms with van der Waals surface area (Å²) in [5.41, 5.74) is 1.13. The Morgan fingerprint density at radius 2 is 2.09 bits per heavy atom. The highest BCUT2D eigenvalue weighted by Gasteiger charge is 2.43. The molecular weight excluding hydrogens is 308 g/mol. The third-order valence-electron chi connectivity index (χ3n) is 4.84. The Morgan fingerprint density at radius 1 is 1.26 bits per heavy atom. The van der Waals surface area contributed by atoms with E-state index in [1.54, 1.807) is 17.5 Å². The van der Waals surface area contributed by atoms with Crippen LogP contribution in [0.4, 0.5) is 0 Å². The summed E-state index contributed by atoms with van der Waals surface area (Å²) in [7, 11) is 0. The average molecular weight is 328 g/mol. The van der Waals surface area contributed by atoms with Crippen LogP contribution in [0.25, 0.3) is 0 Å². The molecule has 1 amide bonds. The highest BCUT2D eigenvalue weighted by molar-refractivity contribution is 7.08. The second-order valence-electron chi connectivity index (χ2n) is 6.37. The van der Waals surface area contributed by atoms with E-state index in [1.807, 2.05) is 29.6 Å². The first-order valence-electron chi connectivity index (χ1n) is 8.19. The maximum atomic E-state index is 12.7. The quantitative estimate of drug-likeness (QED) is 0.865. The van der Waals surface area contributed by atoms with Gasteiger partial charge in [0.15, 0.2) is 0 Å². The Hall–Kier alpha value is -1.88. The predicted octanol–water partition coefficient (Wildman–Crippen LogP) is 3.29. The summed E-state index contributed by atoms with van der Waals surface area (Å²) in [6, 6.07) is 8.43. The zero-order valence-corrected chi connectivity index (χ0v) is 13.7. The molecule has 2 aliphatic rings. The van der Waals surface area contributed by atoms with Crippen molar-refractivity contribution in [1.82, 2.24) is 9.88 Å². The van der Waals surface area contributed by atoms with E-state index in [2.05, 4.69) is 15.3 Å². The zero-order chi connectivity index (χ0) is 15.6. The van der Waals surface area contributed by atoms with Crippen LogP contribution in [-0.2, 0) is 11.2 Å². The number of fused-ring (bicyclic) bond motifs is 2. The van der Waals surface area contributed by atoms with E-state index < -0.39 is 0 Å². The smallest absolute Gasteiger partial charge is 0.227 e. The summed E-state index contributed by atoms with van der Waals surface area (Å²) < 4.78 is 6.02. The van der Waals surface area contributed by atoms with E-state index in [9.17, 15) is 4.79 Å². The molecule has 0 radical (unpaired) electrons. The minimum atomic E-state index is 0.174. The van der Waals surface area contributed by atoms with Gasteiger partial charge >= 0.3 is 0 Å². The van der Waals surface area contributed by atoms with Crippen molar-refractivity contribution in [3.8, 4) is 5.88 Å². The lowest BCUT2D eigenvalue weighted by molar-refractivity contribution is -0.136. The summed E-state index contributed by atoms with van der Waals surface area (Å²) >= 11 is 1.65. The van der Waals surface area contributed by atoms with Gasteiger partial charge in [-0.2, -0.15) is 11.3 Å². The van der Waals surface area contributed by atoms with Crippen LogP contribution < -0.4 is 4.74 Å². The van der Waals surface area contributed by atoms with Crippen molar-refractivity contribution in [1.29, 1.82) is 0 Å². The van der Waals surface area contributed by atoms with E-state index in [4.69, 9.17) is 4.74 Å². The molecular formula is C18H20N2O2S. The maximum Gasteiger partial charge on any atom is 0.227 e. The molecule has 2 saturated heterocycles. The fourth-order valence-electron chi connectivity index (χ4n) is 3.88. The predicted molar refractivity (Wildman–Crippen MR) is 89.6 cm³/mol. The minimum Gasteiger partial charge on any atom is -0.474 e. The number of carbonyl (C=O) groups excluding carboxylic acids is 1. The van der Waals surface area contributed by atoms with Gasteiger partial charge in [0.2, 0.25) is 11.8 Å². The van der Waals surface area contributed by atoms with E-state index in [-0.39, 0.29) is 12.0 Å². The molecule has 2 bridgehead atoms. The van der Waals surface area contributed by atoms with E-state index in [0.29, 0.717) is 24.4 Å². The number of aromatic nitrogens is 1. The van der Waals surface area contributed by atoms with Crippen LogP contribution in [-0.4, -0.2) is 34.0 Å². The van der Waals surface area contributed by atoms with E-state index in [0.717, 1.165) is 31.2 Å². The molecule has 0 saturated carbocycles. The van der Waals surface area contributed by atoms with Gasteiger partial charge in [-0.3, -0.25) is 4.79 Å². The number of ether oxygens (including phenoxy) is 1. The van der Waals surface area contributed by atoms with Crippen molar-refractivity contribution in [3.63, 3.8) is 0 Å². The van der Waals surface area contributed by atoms with Gasteiger partial charge in [-0.05, 0) is 41.3 Å². The molecule has 2 unspecified atom stereocenters. The molecule has 0 aromatic carbocycles. The van der Waals surface area contributed by atoms with Crippen LogP contribution in [0.1, 0.15) is 31.2 Å².